The number of hydrogen-bond donors (Lipinski definition) is 1. The maximum absolute atomic E-state index is 13.5. The lowest BCUT2D eigenvalue weighted by atomic mass is 10.1. The van der Waals surface area contributed by atoms with E-state index in [9.17, 15) is 14.3 Å². The number of rotatable bonds is 3. The molecule has 0 spiro atoms. The molecule has 5 nitrogen and oxygen atoms in total. The third-order valence-corrected chi connectivity index (χ3v) is 3.95. The summed E-state index contributed by atoms with van der Waals surface area (Å²) in [6.45, 7) is 1.75. The van der Waals surface area contributed by atoms with Crippen molar-refractivity contribution in [2.24, 2.45) is 0 Å². The second-order valence-electron chi connectivity index (χ2n) is 4.87. The van der Waals surface area contributed by atoms with Gasteiger partial charge in [0.1, 0.15) is 5.82 Å². The van der Waals surface area contributed by atoms with Crippen molar-refractivity contribution >= 4 is 21.9 Å². The summed E-state index contributed by atoms with van der Waals surface area (Å²) >= 11 is 3.14. The third kappa shape index (κ3) is 2.11. The molecule has 0 bridgehead atoms. The lowest BCUT2D eigenvalue weighted by molar-refractivity contribution is 0.0689. The highest BCUT2D eigenvalue weighted by atomic mass is 79.9. The molecule has 1 aliphatic rings. The summed E-state index contributed by atoms with van der Waals surface area (Å²) in [7, 11) is 0. The van der Waals surface area contributed by atoms with Crippen LogP contribution >= 0.6 is 15.9 Å². The molecule has 0 aliphatic heterocycles. The van der Waals surface area contributed by atoms with Crippen LogP contribution < -0.4 is 0 Å². The number of aryl methyl sites for hydroxylation is 1. The molecule has 1 aromatic carbocycles. The number of carboxylic acid groups (broad SMARTS) is 1. The van der Waals surface area contributed by atoms with Crippen LogP contribution in [0.2, 0.25) is 0 Å². The van der Waals surface area contributed by atoms with Gasteiger partial charge in [0.2, 0.25) is 0 Å². The van der Waals surface area contributed by atoms with Crippen molar-refractivity contribution < 1.29 is 14.3 Å². The number of hydrogen-bond acceptors (Lipinski definition) is 3. The second kappa shape index (κ2) is 4.66. The monoisotopic (exact) mass is 339 g/mol. The van der Waals surface area contributed by atoms with Crippen LogP contribution in [0, 0.1) is 12.7 Å². The van der Waals surface area contributed by atoms with E-state index in [1.807, 2.05) is 0 Å². The van der Waals surface area contributed by atoms with E-state index in [4.69, 9.17) is 0 Å². The molecule has 1 fully saturated rings. The Kier molecular flexibility index (Phi) is 3.08. The van der Waals surface area contributed by atoms with E-state index in [1.54, 1.807) is 13.0 Å². The number of aromatic nitrogens is 3. The minimum Gasteiger partial charge on any atom is -0.476 e. The van der Waals surface area contributed by atoms with Crippen molar-refractivity contribution in [1.29, 1.82) is 0 Å². The maximum Gasteiger partial charge on any atom is 0.358 e. The zero-order chi connectivity index (χ0) is 14.4. The summed E-state index contributed by atoms with van der Waals surface area (Å²) in [6.07, 6.45) is 1.85. The maximum atomic E-state index is 13.5. The van der Waals surface area contributed by atoms with Crippen molar-refractivity contribution in [3.63, 3.8) is 0 Å². The van der Waals surface area contributed by atoms with Gasteiger partial charge in [-0.2, -0.15) is 0 Å². The van der Waals surface area contributed by atoms with Gasteiger partial charge in [-0.25, -0.2) is 13.9 Å². The topological polar surface area (TPSA) is 68.0 Å². The molecular weight excluding hydrogens is 329 g/mol. The minimum atomic E-state index is -1.09. The normalized spacial score (nSPS) is 14.6. The van der Waals surface area contributed by atoms with Crippen molar-refractivity contribution in [3.8, 4) is 5.69 Å². The first kappa shape index (κ1) is 13.2. The first-order valence-electron chi connectivity index (χ1n) is 6.14. The standard InChI is InChI=1S/C13H11BrFN3O2/c1-6-4-9(15)8(14)5-10(6)18-12(7-2-3-7)11(13(19)20)16-17-18/h4-5,7H,2-3H2,1H3,(H,19,20). The zero-order valence-electron chi connectivity index (χ0n) is 10.6. The Morgan fingerprint density at radius 1 is 1.50 bits per heavy atom. The van der Waals surface area contributed by atoms with E-state index >= 15 is 0 Å². The molecule has 1 aliphatic carbocycles. The number of halogens is 2. The Bertz CT molecular complexity index is 710. The summed E-state index contributed by atoms with van der Waals surface area (Å²) in [4.78, 5) is 11.2. The Morgan fingerprint density at radius 2 is 2.20 bits per heavy atom. The van der Waals surface area contributed by atoms with E-state index in [0.29, 0.717) is 21.4 Å². The molecule has 1 saturated carbocycles. The molecule has 7 heteroatoms. The summed E-state index contributed by atoms with van der Waals surface area (Å²) in [5, 5.41) is 16.9. The smallest absolute Gasteiger partial charge is 0.358 e. The highest BCUT2D eigenvalue weighted by Crippen LogP contribution is 2.42. The molecule has 0 atom stereocenters. The quantitative estimate of drug-likeness (QED) is 0.933. The van der Waals surface area contributed by atoms with Crippen LogP contribution in [-0.2, 0) is 0 Å². The predicted molar refractivity (Wildman–Crippen MR) is 72.7 cm³/mol. The summed E-state index contributed by atoms with van der Waals surface area (Å²) in [5.74, 6) is -1.28. The summed E-state index contributed by atoms with van der Waals surface area (Å²) in [6, 6.07) is 2.98. The van der Waals surface area contributed by atoms with Crippen LogP contribution in [0.3, 0.4) is 0 Å². The molecule has 0 saturated heterocycles. The molecule has 0 amide bonds. The van der Waals surface area contributed by atoms with Crippen LogP contribution in [0.1, 0.15) is 40.5 Å². The minimum absolute atomic E-state index is 0.0210. The van der Waals surface area contributed by atoms with Gasteiger partial charge in [-0.1, -0.05) is 5.21 Å². The number of benzene rings is 1. The summed E-state index contributed by atoms with van der Waals surface area (Å²) < 4.78 is 15.3. The van der Waals surface area contributed by atoms with Crippen LogP contribution in [0.5, 0.6) is 0 Å². The largest absolute Gasteiger partial charge is 0.476 e. The molecule has 20 heavy (non-hydrogen) atoms. The Morgan fingerprint density at radius 3 is 2.80 bits per heavy atom. The van der Waals surface area contributed by atoms with Gasteiger partial charge in [-0.15, -0.1) is 5.10 Å². The average Bonchev–Trinajstić information content (AvgIpc) is 3.12. The molecular formula is C13H11BrFN3O2. The van der Waals surface area contributed by atoms with E-state index in [0.717, 1.165) is 12.8 Å². The Hall–Kier alpha value is -1.76. The molecule has 104 valence electrons. The molecule has 3 rings (SSSR count). The summed E-state index contributed by atoms with van der Waals surface area (Å²) in [5.41, 5.74) is 1.89. The van der Waals surface area contributed by atoms with Gasteiger partial charge >= 0.3 is 5.97 Å². The second-order valence-corrected chi connectivity index (χ2v) is 5.72. The third-order valence-electron chi connectivity index (χ3n) is 3.34. The van der Waals surface area contributed by atoms with Gasteiger partial charge < -0.3 is 5.11 Å². The van der Waals surface area contributed by atoms with Gasteiger partial charge in [0.15, 0.2) is 5.69 Å². The van der Waals surface area contributed by atoms with Crippen LogP contribution in [0.25, 0.3) is 5.69 Å². The lowest BCUT2D eigenvalue weighted by Gasteiger charge is -2.10. The zero-order valence-corrected chi connectivity index (χ0v) is 12.2. The molecule has 0 unspecified atom stereocenters. The average molecular weight is 340 g/mol. The fourth-order valence-electron chi connectivity index (χ4n) is 2.21. The fraction of sp³-hybridized carbons (Fsp3) is 0.308. The van der Waals surface area contributed by atoms with Crippen molar-refractivity contribution in [1.82, 2.24) is 15.0 Å². The fourth-order valence-corrected chi connectivity index (χ4v) is 2.54. The van der Waals surface area contributed by atoms with Gasteiger partial charge in [-0.3, -0.25) is 0 Å². The highest BCUT2D eigenvalue weighted by molar-refractivity contribution is 9.10. The van der Waals surface area contributed by atoms with Crippen molar-refractivity contribution in [3.05, 3.63) is 39.4 Å². The van der Waals surface area contributed by atoms with Crippen LogP contribution in [-0.4, -0.2) is 26.1 Å². The van der Waals surface area contributed by atoms with Crippen molar-refractivity contribution in [2.45, 2.75) is 25.7 Å². The van der Waals surface area contributed by atoms with Gasteiger partial charge in [0.05, 0.1) is 15.9 Å². The van der Waals surface area contributed by atoms with Crippen molar-refractivity contribution in [2.75, 3.05) is 0 Å². The number of carbonyl (C=O) groups is 1. The molecule has 1 N–H and O–H groups in total. The number of nitrogens with zero attached hydrogens (tertiary/aromatic N) is 3. The van der Waals surface area contributed by atoms with E-state index < -0.39 is 5.97 Å². The van der Waals surface area contributed by atoms with Gasteiger partial charge in [0.25, 0.3) is 0 Å². The highest BCUT2D eigenvalue weighted by Gasteiger charge is 2.34. The van der Waals surface area contributed by atoms with Crippen LogP contribution in [0.4, 0.5) is 4.39 Å². The first-order valence-corrected chi connectivity index (χ1v) is 6.93. The molecule has 0 radical (unpaired) electrons. The molecule has 1 heterocycles. The molecule has 1 aromatic heterocycles. The first-order chi connectivity index (χ1) is 9.49. The van der Waals surface area contributed by atoms with Gasteiger partial charge in [0, 0.05) is 5.92 Å². The number of aromatic carboxylic acids is 1. The Balaban J connectivity index is 2.20. The predicted octanol–water partition coefficient (Wildman–Crippen LogP) is 3.05. The van der Waals surface area contributed by atoms with E-state index in [-0.39, 0.29) is 17.4 Å². The van der Waals surface area contributed by atoms with Crippen LogP contribution in [0.15, 0.2) is 16.6 Å². The van der Waals surface area contributed by atoms with Gasteiger partial charge in [-0.05, 0) is 53.4 Å². The lowest BCUT2D eigenvalue weighted by Crippen LogP contribution is -2.07. The number of carboxylic acids is 1. The Labute approximate surface area is 122 Å². The van der Waals surface area contributed by atoms with E-state index in [2.05, 4.69) is 26.2 Å². The SMILES string of the molecule is Cc1cc(F)c(Br)cc1-n1nnc(C(=O)O)c1C1CC1. The molecule has 2 aromatic rings. The van der Waals surface area contributed by atoms with E-state index in [1.165, 1.54) is 10.7 Å².